The lowest BCUT2D eigenvalue weighted by molar-refractivity contribution is -0.307. The Morgan fingerprint density at radius 2 is 1.92 bits per heavy atom. The van der Waals surface area contributed by atoms with Gasteiger partial charge in [0.15, 0.2) is 5.60 Å². The topological polar surface area (TPSA) is 34.6 Å². The molecule has 4 aliphatic rings. The summed E-state index contributed by atoms with van der Waals surface area (Å²) in [7, 11) is 1.52. The van der Waals surface area contributed by atoms with Gasteiger partial charge in [-0.15, -0.1) is 0 Å². The molecule has 0 spiro atoms. The van der Waals surface area contributed by atoms with Gasteiger partial charge < -0.3 is 9.47 Å². The lowest BCUT2D eigenvalue weighted by Crippen LogP contribution is -2.74. The molecule has 26 heavy (non-hydrogen) atoms. The third-order valence-electron chi connectivity index (χ3n) is 6.20. The summed E-state index contributed by atoms with van der Waals surface area (Å²) < 4.78 is 68.4. The number of rotatable bonds is 5. The molecule has 0 N–H and O–H groups in total. The van der Waals surface area contributed by atoms with Crippen molar-refractivity contribution in [3.05, 3.63) is 46.5 Å². The van der Waals surface area contributed by atoms with Crippen LogP contribution in [0, 0.1) is 17.0 Å². The highest BCUT2D eigenvalue weighted by Gasteiger charge is 2.85. The van der Waals surface area contributed by atoms with Crippen molar-refractivity contribution in [3.8, 4) is 5.19 Å². The molecule has 138 valence electrons. The zero-order valence-electron chi connectivity index (χ0n) is 13.8. The fourth-order valence-electron chi connectivity index (χ4n) is 4.81. The lowest BCUT2D eigenvalue weighted by atomic mass is 9.31. The van der Waals surface area contributed by atoms with Crippen LogP contribution >= 0.6 is 11.3 Å². The van der Waals surface area contributed by atoms with Crippen LogP contribution in [0.2, 0.25) is 0 Å². The Morgan fingerprint density at radius 3 is 2.46 bits per heavy atom. The molecule has 3 saturated carbocycles. The molecule has 3 aliphatic carbocycles. The molecule has 6 rings (SSSR count). The van der Waals surface area contributed by atoms with Crippen molar-refractivity contribution >= 4 is 11.3 Å². The summed E-state index contributed by atoms with van der Waals surface area (Å²) in [6, 6.07) is 2.68. The van der Waals surface area contributed by atoms with Crippen LogP contribution in [0.4, 0.5) is 17.6 Å². The molecule has 2 heterocycles. The Labute approximate surface area is 151 Å². The number of aromatic nitrogens is 1. The normalized spacial score (nSPS) is 34.8. The largest absolute Gasteiger partial charge is 0.473 e. The molecule has 1 saturated heterocycles. The third kappa shape index (κ3) is 1.79. The van der Waals surface area contributed by atoms with Gasteiger partial charge in [-0.3, -0.25) is 0 Å². The molecular weight excluding hydrogens is 370 g/mol. The van der Waals surface area contributed by atoms with E-state index in [0.29, 0.717) is 11.3 Å². The van der Waals surface area contributed by atoms with Crippen molar-refractivity contribution < 1.29 is 27.0 Å². The predicted molar refractivity (Wildman–Crippen MR) is 85.6 cm³/mol. The predicted octanol–water partition coefficient (Wildman–Crippen LogP) is 4.41. The van der Waals surface area contributed by atoms with E-state index in [1.54, 1.807) is 0 Å². The molecule has 0 radical (unpaired) electrons. The molecule has 1 atom stereocenters. The van der Waals surface area contributed by atoms with Crippen LogP contribution in [-0.4, -0.2) is 24.6 Å². The van der Waals surface area contributed by atoms with E-state index in [4.69, 9.17) is 9.47 Å². The average Bonchev–Trinajstić information content (AvgIpc) is 3.18. The first-order valence-corrected chi connectivity index (χ1v) is 9.13. The maximum Gasteiger partial charge on any atom is 0.288 e. The standard InChI is InChI=1S/C18H15F4NO2S/c1-24-14-23-13(5-26-14)15-6-16(7-15,8-15)18(21,22)17(9-25-17)11-3-2-10(19)4-12(11)20/h2-5H,6-9H2,1H3. The fraction of sp³-hybridized carbons (Fsp3) is 0.500. The van der Waals surface area contributed by atoms with E-state index in [1.807, 2.05) is 5.38 Å². The highest BCUT2D eigenvalue weighted by molar-refractivity contribution is 7.11. The van der Waals surface area contributed by atoms with Crippen molar-refractivity contribution in [1.82, 2.24) is 4.98 Å². The molecule has 0 amide bonds. The number of epoxide rings is 1. The Hall–Kier alpha value is -1.67. The molecule has 1 aromatic carbocycles. The van der Waals surface area contributed by atoms with Crippen LogP contribution in [0.25, 0.3) is 0 Å². The van der Waals surface area contributed by atoms with E-state index in [0.717, 1.165) is 17.8 Å². The van der Waals surface area contributed by atoms with Crippen LogP contribution in [0.15, 0.2) is 23.6 Å². The molecule has 3 nitrogen and oxygen atoms in total. The SMILES string of the molecule is COc1nc(C23CC(C(F)(F)C4(c5ccc(F)cc5F)CO4)(C2)C3)cs1. The van der Waals surface area contributed by atoms with Gasteiger partial charge in [0, 0.05) is 27.8 Å². The van der Waals surface area contributed by atoms with Crippen molar-refractivity contribution in [3.63, 3.8) is 0 Å². The molecule has 8 heteroatoms. The van der Waals surface area contributed by atoms with Crippen LogP contribution in [0.1, 0.15) is 30.5 Å². The maximum atomic E-state index is 15.4. The number of ether oxygens (including phenoxy) is 2. The quantitative estimate of drug-likeness (QED) is 0.565. The van der Waals surface area contributed by atoms with Crippen LogP contribution < -0.4 is 4.74 Å². The molecule has 4 fully saturated rings. The van der Waals surface area contributed by atoms with E-state index >= 15 is 8.78 Å². The zero-order chi connectivity index (χ0) is 18.4. The number of nitrogens with zero attached hydrogens (tertiary/aromatic N) is 1. The van der Waals surface area contributed by atoms with Crippen molar-refractivity contribution in [2.24, 2.45) is 5.41 Å². The van der Waals surface area contributed by atoms with Crippen LogP contribution in [0.5, 0.6) is 5.19 Å². The van der Waals surface area contributed by atoms with Gasteiger partial charge in [-0.25, -0.2) is 22.5 Å². The van der Waals surface area contributed by atoms with Gasteiger partial charge >= 0.3 is 0 Å². The van der Waals surface area contributed by atoms with Gasteiger partial charge in [0.25, 0.3) is 11.1 Å². The first-order chi connectivity index (χ1) is 12.3. The Balaban J connectivity index is 1.43. The molecule has 1 aromatic heterocycles. The van der Waals surface area contributed by atoms with Gasteiger partial charge in [-0.2, -0.15) is 0 Å². The van der Waals surface area contributed by atoms with Gasteiger partial charge in [-0.05, 0) is 31.4 Å². The minimum atomic E-state index is -3.24. The van der Waals surface area contributed by atoms with Crippen LogP contribution in [-0.2, 0) is 15.8 Å². The Bertz CT molecular complexity index is 889. The number of benzene rings is 1. The molecule has 1 unspecified atom stereocenters. The van der Waals surface area contributed by atoms with Gasteiger partial charge in [0.2, 0.25) is 0 Å². The van der Waals surface area contributed by atoms with Gasteiger partial charge in [0.05, 0.1) is 19.4 Å². The lowest BCUT2D eigenvalue weighted by Gasteiger charge is -2.72. The fourth-order valence-corrected chi connectivity index (χ4v) is 5.57. The molecule has 1 aliphatic heterocycles. The number of hydrogen-bond acceptors (Lipinski definition) is 4. The number of methoxy groups -OCH3 is 1. The van der Waals surface area contributed by atoms with E-state index in [2.05, 4.69) is 4.98 Å². The number of alkyl halides is 2. The summed E-state index contributed by atoms with van der Waals surface area (Å²) in [4.78, 5) is 4.35. The summed E-state index contributed by atoms with van der Waals surface area (Å²) >= 11 is 1.34. The van der Waals surface area contributed by atoms with E-state index in [9.17, 15) is 8.78 Å². The maximum absolute atomic E-state index is 15.4. The molecule has 2 aromatic rings. The number of thiazole rings is 1. The first kappa shape index (κ1) is 16.5. The summed E-state index contributed by atoms with van der Waals surface area (Å²) in [5, 5.41) is 2.37. The Morgan fingerprint density at radius 1 is 1.23 bits per heavy atom. The second kappa shape index (κ2) is 4.78. The Kier molecular flexibility index (Phi) is 3.03. The second-order valence-electron chi connectivity index (χ2n) is 7.61. The minimum Gasteiger partial charge on any atom is -0.473 e. The van der Waals surface area contributed by atoms with Crippen molar-refractivity contribution in [2.45, 2.75) is 36.2 Å². The van der Waals surface area contributed by atoms with E-state index in [1.165, 1.54) is 18.4 Å². The van der Waals surface area contributed by atoms with E-state index < -0.39 is 28.6 Å². The highest BCUT2D eigenvalue weighted by atomic mass is 32.1. The van der Waals surface area contributed by atoms with E-state index in [-0.39, 0.29) is 36.8 Å². The van der Waals surface area contributed by atoms with Crippen LogP contribution in [0.3, 0.4) is 0 Å². The van der Waals surface area contributed by atoms with Crippen molar-refractivity contribution in [1.29, 1.82) is 0 Å². The zero-order valence-corrected chi connectivity index (χ0v) is 14.6. The monoisotopic (exact) mass is 385 g/mol. The third-order valence-corrected chi connectivity index (χ3v) is 7.00. The van der Waals surface area contributed by atoms with Gasteiger partial charge in [-0.1, -0.05) is 11.3 Å². The summed E-state index contributed by atoms with van der Waals surface area (Å²) in [5.41, 5.74) is -3.03. The molecular formula is C18H15F4NO2S. The van der Waals surface area contributed by atoms with Crippen molar-refractivity contribution in [2.75, 3.05) is 13.7 Å². The summed E-state index contributed by atoms with van der Waals surface area (Å²) in [6.07, 6.45) is 0.857. The number of hydrogen-bond donors (Lipinski definition) is 0. The summed E-state index contributed by atoms with van der Waals surface area (Å²) in [5.74, 6) is -5.03. The average molecular weight is 385 g/mol. The molecule has 2 bridgehead atoms. The van der Waals surface area contributed by atoms with Gasteiger partial charge in [0.1, 0.15) is 11.6 Å². The second-order valence-corrected chi connectivity index (χ2v) is 8.43. The first-order valence-electron chi connectivity index (χ1n) is 8.25. The summed E-state index contributed by atoms with van der Waals surface area (Å²) in [6.45, 7) is -0.262. The smallest absolute Gasteiger partial charge is 0.288 e. The minimum absolute atomic E-state index is 0.262. The highest BCUT2D eigenvalue weighted by Crippen LogP contribution is 2.81. The number of halogens is 4.